The van der Waals surface area contributed by atoms with Gasteiger partial charge in [-0.05, 0) is 47.0 Å². The van der Waals surface area contributed by atoms with Crippen LogP contribution in [0, 0.1) is 18.8 Å². The highest BCUT2D eigenvalue weighted by molar-refractivity contribution is 9.10. The molecule has 0 saturated carbocycles. The van der Waals surface area contributed by atoms with Crippen molar-refractivity contribution in [2.45, 2.75) is 33.6 Å². The van der Waals surface area contributed by atoms with Crippen LogP contribution in [-0.2, 0) is 0 Å². The summed E-state index contributed by atoms with van der Waals surface area (Å²) in [6.45, 7) is 11.3. The van der Waals surface area contributed by atoms with Gasteiger partial charge in [0.2, 0.25) is 0 Å². The Morgan fingerprint density at radius 1 is 1.29 bits per heavy atom. The molecule has 0 aliphatic carbocycles. The largest absolute Gasteiger partial charge is 0.491 e. The number of ether oxygens (including phenoxy) is 1. The number of quaternary nitrogens is 1. The van der Waals surface area contributed by atoms with Gasteiger partial charge in [-0.15, -0.1) is 0 Å². The summed E-state index contributed by atoms with van der Waals surface area (Å²) in [5, 5.41) is 0.689. The second-order valence-corrected chi connectivity index (χ2v) is 7.88. The second-order valence-electron chi connectivity index (χ2n) is 6.61. The molecule has 2 rings (SSSR count). The van der Waals surface area contributed by atoms with Gasteiger partial charge >= 0.3 is 0 Å². The Kier molecular flexibility index (Phi) is 6.39. The third-order valence-electron chi connectivity index (χ3n) is 4.14. The molecule has 1 aliphatic rings. The van der Waals surface area contributed by atoms with Crippen LogP contribution >= 0.6 is 27.5 Å². The molecule has 1 aliphatic heterocycles. The molecule has 0 unspecified atom stereocenters. The van der Waals surface area contributed by atoms with Gasteiger partial charge in [0.05, 0.1) is 35.7 Å². The molecule has 0 bridgehead atoms. The molecular formula is C17H26BrClNO+. The second kappa shape index (κ2) is 7.85. The molecule has 1 fully saturated rings. The Bertz CT molecular complexity index is 447. The summed E-state index contributed by atoms with van der Waals surface area (Å²) in [6, 6.07) is 3.99. The lowest BCUT2D eigenvalue weighted by Crippen LogP contribution is -3.14. The van der Waals surface area contributed by atoms with Crippen molar-refractivity contribution in [2.75, 3.05) is 26.2 Å². The first-order valence-electron chi connectivity index (χ1n) is 7.87. The summed E-state index contributed by atoms with van der Waals surface area (Å²) in [5.41, 5.74) is 1.14. The molecule has 2 nitrogen and oxygen atoms in total. The molecule has 0 spiro atoms. The van der Waals surface area contributed by atoms with Crippen molar-refractivity contribution in [3.8, 4) is 5.75 Å². The normalized spacial score (nSPS) is 25.9. The number of aryl methyl sites for hydroxylation is 1. The summed E-state index contributed by atoms with van der Waals surface area (Å²) >= 11 is 9.77. The first-order valence-corrected chi connectivity index (χ1v) is 9.04. The number of hydrogen-bond acceptors (Lipinski definition) is 1. The maximum atomic E-state index is 6.24. The third-order valence-corrected chi connectivity index (χ3v) is 5.01. The van der Waals surface area contributed by atoms with Crippen molar-refractivity contribution in [1.29, 1.82) is 0 Å². The van der Waals surface area contributed by atoms with Gasteiger partial charge in [-0.25, -0.2) is 0 Å². The lowest BCUT2D eigenvalue weighted by atomic mass is 9.92. The highest BCUT2D eigenvalue weighted by Crippen LogP contribution is 2.34. The fraction of sp³-hybridized carbons (Fsp3) is 0.647. The van der Waals surface area contributed by atoms with Crippen LogP contribution in [0.3, 0.4) is 0 Å². The average Bonchev–Trinajstić information content (AvgIpc) is 2.35. The van der Waals surface area contributed by atoms with E-state index < -0.39 is 0 Å². The summed E-state index contributed by atoms with van der Waals surface area (Å²) in [6.07, 6.45) is 2.46. The number of rotatable bonds is 5. The summed E-state index contributed by atoms with van der Waals surface area (Å²) in [4.78, 5) is 1.72. The van der Waals surface area contributed by atoms with E-state index in [1.165, 1.54) is 26.1 Å². The molecular weight excluding hydrogens is 350 g/mol. The molecule has 0 amide bonds. The van der Waals surface area contributed by atoms with E-state index in [0.29, 0.717) is 5.02 Å². The number of benzene rings is 1. The quantitative estimate of drug-likeness (QED) is 0.774. The Hall–Kier alpha value is -0.250. The van der Waals surface area contributed by atoms with Crippen LogP contribution in [-0.4, -0.2) is 26.2 Å². The van der Waals surface area contributed by atoms with Crippen molar-refractivity contribution in [2.24, 2.45) is 11.8 Å². The molecule has 1 heterocycles. The lowest BCUT2D eigenvalue weighted by molar-refractivity contribution is -0.912. The molecule has 118 valence electrons. The van der Waals surface area contributed by atoms with Crippen molar-refractivity contribution < 1.29 is 9.64 Å². The smallest absolute Gasteiger partial charge is 0.152 e. The van der Waals surface area contributed by atoms with E-state index in [1.807, 2.05) is 19.1 Å². The maximum absolute atomic E-state index is 6.24. The molecule has 0 radical (unpaired) electrons. The van der Waals surface area contributed by atoms with E-state index in [9.17, 15) is 0 Å². The van der Waals surface area contributed by atoms with Crippen LogP contribution in [0.4, 0.5) is 0 Å². The highest BCUT2D eigenvalue weighted by Gasteiger charge is 2.24. The van der Waals surface area contributed by atoms with Gasteiger partial charge in [0.25, 0.3) is 0 Å². The number of halogens is 2. The van der Waals surface area contributed by atoms with Crippen LogP contribution in [0.1, 0.15) is 32.3 Å². The maximum Gasteiger partial charge on any atom is 0.152 e. The van der Waals surface area contributed by atoms with Crippen molar-refractivity contribution >= 4 is 27.5 Å². The minimum Gasteiger partial charge on any atom is -0.491 e. The SMILES string of the molecule is Cc1cc(Cl)c(OCCC[NH+]2C[C@@H](C)C[C@H](C)C2)c(Br)c1. The fourth-order valence-corrected chi connectivity index (χ4v) is 4.58. The Labute approximate surface area is 141 Å². The van der Waals surface area contributed by atoms with Gasteiger partial charge < -0.3 is 9.64 Å². The monoisotopic (exact) mass is 374 g/mol. The van der Waals surface area contributed by atoms with E-state index in [-0.39, 0.29) is 0 Å². The first-order chi connectivity index (χ1) is 9.95. The number of hydrogen-bond donors (Lipinski definition) is 1. The summed E-state index contributed by atoms with van der Waals surface area (Å²) in [7, 11) is 0. The molecule has 1 N–H and O–H groups in total. The van der Waals surface area contributed by atoms with Crippen LogP contribution in [0.2, 0.25) is 5.02 Å². The molecule has 1 saturated heterocycles. The van der Waals surface area contributed by atoms with Crippen LogP contribution in [0.15, 0.2) is 16.6 Å². The van der Waals surface area contributed by atoms with Crippen molar-refractivity contribution in [1.82, 2.24) is 0 Å². The van der Waals surface area contributed by atoms with E-state index >= 15 is 0 Å². The zero-order valence-corrected chi connectivity index (χ0v) is 15.6. The Morgan fingerprint density at radius 3 is 2.57 bits per heavy atom. The molecule has 1 aromatic carbocycles. The average molecular weight is 376 g/mol. The van der Waals surface area contributed by atoms with Gasteiger partial charge in [-0.3, -0.25) is 0 Å². The van der Waals surface area contributed by atoms with Gasteiger partial charge in [0.15, 0.2) is 5.75 Å². The minimum absolute atomic E-state index is 0.689. The van der Waals surface area contributed by atoms with E-state index in [0.717, 1.165) is 40.6 Å². The van der Waals surface area contributed by atoms with Crippen LogP contribution < -0.4 is 9.64 Å². The van der Waals surface area contributed by atoms with Crippen molar-refractivity contribution in [3.05, 3.63) is 27.2 Å². The zero-order valence-electron chi connectivity index (χ0n) is 13.2. The number of likely N-dealkylation sites (tertiary alicyclic amines) is 1. The van der Waals surface area contributed by atoms with Crippen molar-refractivity contribution in [3.63, 3.8) is 0 Å². The molecule has 0 aromatic heterocycles. The van der Waals surface area contributed by atoms with Gasteiger partial charge in [0, 0.05) is 18.3 Å². The van der Waals surface area contributed by atoms with Crippen LogP contribution in [0.25, 0.3) is 0 Å². The minimum atomic E-state index is 0.689. The summed E-state index contributed by atoms with van der Waals surface area (Å²) in [5.74, 6) is 2.48. The molecule has 4 heteroatoms. The first kappa shape index (κ1) is 17.1. The standard InChI is InChI=1S/C17H25BrClNO/c1-12-8-15(18)17(16(19)9-12)21-6-4-5-20-10-13(2)7-14(3)11-20/h8-9,13-14H,4-7,10-11H2,1-3H3/p+1/t13-,14-/m0/s1. The zero-order chi connectivity index (χ0) is 15.4. The Balaban J connectivity index is 1.77. The van der Waals surface area contributed by atoms with Gasteiger partial charge in [-0.1, -0.05) is 25.4 Å². The van der Waals surface area contributed by atoms with Crippen LogP contribution in [0.5, 0.6) is 5.75 Å². The Morgan fingerprint density at radius 2 is 1.95 bits per heavy atom. The topological polar surface area (TPSA) is 13.7 Å². The van der Waals surface area contributed by atoms with E-state index in [4.69, 9.17) is 16.3 Å². The highest BCUT2D eigenvalue weighted by atomic mass is 79.9. The summed E-state index contributed by atoms with van der Waals surface area (Å²) < 4.78 is 6.82. The number of nitrogens with one attached hydrogen (secondary N) is 1. The predicted octanol–water partition coefficient (Wildman–Crippen LogP) is 3.74. The third kappa shape index (κ3) is 5.15. The molecule has 1 aromatic rings. The van der Waals surface area contributed by atoms with Gasteiger partial charge in [0.1, 0.15) is 0 Å². The fourth-order valence-electron chi connectivity index (χ4n) is 3.45. The predicted molar refractivity (Wildman–Crippen MR) is 92.5 cm³/mol. The van der Waals surface area contributed by atoms with Gasteiger partial charge in [-0.2, -0.15) is 0 Å². The number of piperidine rings is 1. The molecule has 2 atom stereocenters. The van der Waals surface area contributed by atoms with E-state index in [1.54, 1.807) is 4.90 Å². The molecule has 21 heavy (non-hydrogen) atoms. The van der Waals surface area contributed by atoms with E-state index in [2.05, 4.69) is 29.8 Å². The lowest BCUT2D eigenvalue weighted by Gasteiger charge is -2.32.